The Bertz CT molecular complexity index is 1800. The van der Waals surface area contributed by atoms with Crippen molar-refractivity contribution in [1.82, 2.24) is 10.6 Å². The maximum absolute atomic E-state index is 12.6. The third kappa shape index (κ3) is 12.3. The van der Waals surface area contributed by atoms with Crippen LogP contribution < -0.4 is 20.1 Å². The number of hydrogen-bond donors (Lipinski definition) is 16. The maximum atomic E-state index is 12.6. The number of benzene rings is 1. The first-order valence-electron chi connectivity index (χ1n) is 22.2. The van der Waals surface area contributed by atoms with Gasteiger partial charge in [0.05, 0.1) is 40.1 Å². The lowest BCUT2D eigenvalue weighted by atomic mass is 9.93. The first kappa shape index (κ1) is 56.1. The number of carbonyl (C=O) groups is 2. The molecule has 70 heavy (non-hydrogen) atoms. The highest BCUT2D eigenvalue weighted by molar-refractivity contribution is 5.73. The summed E-state index contributed by atoms with van der Waals surface area (Å²) < 4.78 is 62.9. The standard InChI is InChI=1S/C41H64N2O27/c1-13(49)42-22-27(54)24(51)17(8-44)62-37(22)69-35-23(43-14(2)50)38(63-18(9-45)25(35)52)70-36-26(53)19(10-46)64-41(32(36)59)68-34-21(12-48)66-40(31(58)29(34)56)67-33-20(11-47)65-39(30(57)28(33)55)61-16-6-4-15(60-3)5-7-16/h4-7,17-41,44-48,51-59H,8-12H2,1-3H3,(H,42,49)(H,43,50). The van der Waals surface area contributed by atoms with Gasteiger partial charge in [0.25, 0.3) is 0 Å². The number of methoxy groups -OCH3 is 1. The van der Waals surface area contributed by atoms with Crippen LogP contribution in [0, 0.1) is 0 Å². The fourth-order valence-electron chi connectivity index (χ4n) is 8.71. The van der Waals surface area contributed by atoms with Crippen LogP contribution in [0.5, 0.6) is 11.5 Å². The lowest BCUT2D eigenvalue weighted by Crippen LogP contribution is -2.71. The molecule has 0 aliphatic carbocycles. The predicted molar refractivity (Wildman–Crippen MR) is 221 cm³/mol. The molecule has 29 heteroatoms. The van der Waals surface area contributed by atoms with Gasteiger partial charge in [-0.3, -0.25) is 9.59 Å². The number of aliphatic hydroxyl groups excluding tert-OH is 14. The molecule has 5 heterocycles. The van der Waals surface area contributed by atoms with Gasteiger partial charge in [-0.25, -0.2) is 0 Å². The van der Waals surface area contributed by atoms with Crippen molar-refractivity contribution in [2.24, 2.45) is 0 Å². The van der Waals surface area contributed by atoms with Crippen molar-refractivity contribution >= 4 is 11.8 Å². The Kier molecular flexibility index (Phi) is 19.8. The molecular weight excluding hydrogens is 952 g/mol. The van der Waals surface area contributed by atoms with Gasteiger partial charge in [0, 0.05) is 13.8 Å². The molecule has 0 radical (unpaired) electrons. The third-order valence-corrected chi connectivity index (χ3v) is 12.4. The van der Waals surface area contributed by atoms with E-state index in [0.717, 1.165) is 13.8 Å². The number of hydrogen-bond acceptors (Lipinski definition) is 27. The van der Waals surface area contributed by atoms with Crippen LogP contribution in [0.25, 0.3) is 0 Å². The van der Waals surface area contributed by atoms with E-state index in [-0.39, 0.29) is 5.75 Å². The highest BCUT2D eigenvalue weighted by Crippen LogP contribution is 2.36. The van der Waals surface area contributed by atoms with E-state index in [4.69, 9.17) is 52.1 Å². The summed E-state index contributed by atoms with van der Waals surface area (Å²) in [6.45, 7) is -2.50. The van der Waals surface area contributed by atoms with E-state index in [9.17, 15) is 81.1 Å². The first-order chi connectivity index (χ1) is 33.3. The average Bonchev–Trinajstić information content (AvgIpc) is 3.34. The minimum absolute atomic E-state index is 0.196. The molecule has 25 unspecified atom stereocenters. The molecule has 5 aliphatic rings. The second-order valence-corrected chi connectivity index (χ2v) is 17.2. The average molecular weight is 1020 g/mol. The summed E-state index contributed by atoms with van der Waals surface area (Å²) in [5, 5.41) is 156. The lowest BCUT2D eigenvalue weighted by molar-refractivity contribution is -0.386. The molecule has 25 atom stereocenters. The Balaban J connectivity index is 1.18. The van der Waals surface area contributed by atoms with Crippen LogP contribution in [0.15, 0.2) is 24.3 Å². The lowest BCUT2D eigenvalue weighted by Gasteiger charge is -2.50. The molecule has 0 spiro atoms. The van der Waals surface area contributed by atoms with Gasteiger partial charge in [0.15, 0.2) is 25.2 Å². The number of carbonyl (C=O) groups excluding carboxylic acids is 2. The Morgan fingerprint density at radius 3 is 1.30 bits per heavy atom. The van der Waals surface area contributed by atoms with Crippen LogP contribution in [-0.4, -0.2) is 277 Å². The van der Waals surface area contributed by atoms with Crippen LogP contribution in [0.1, 0.15) is 13.8 Å². The molecular formula is C41H64N2O27. The summed E-state index contributed by atoms with van der Waals surface area (Å²) in [5.41, 5.74) is 0. The summed E-state index contributed by atoms with van der Waals surface area (Å²) in [4.78, 5) is 24.8. The van der Waals surface area contributed by atoms with Gasteiger partial charge in [-0.05, 0) is 24.3 Å². The zero-order chi connectivity index (χ0) is 51.3. The minimum Gasteiger partial charge on any atom is -0.497 e. The second-order valence-electron chi connectivity index (χ2n) is 17.2. The molecule has 2 amide bonds. The van der Waals surface area contributed by atoms with Crippen LogP contribution in [0.2, 0.25) is 0 Å². The summed E-state index contributed by atoms with van der Waals surface area (Å²) in [6.07, 6.45) is -41.8. The van der Waals surface area contributed by atoms with E-state index in [1.54, 1.807) is 12.1 Å². The second kappa shape index (κ2) is 24.7. The molecule has 5 fully saturated rings. The quantitative estimate of drug-likeness (QED) is 0.0649. The third-order valence-electron chi connectivity index (χ3n) is 12.4. The molecule has 1 aromatic carbocycles. The van der Waals surface area contributed by atoms with E-state index in [0.29, 0.717) is 5.75 Å². The number of aliphatic hydroxyl groups is 14. The molecule has 6 rings (SSSR count). The number of amides is 2. The van der Waals surface area contributed by atoms with E-state index in [1.807, 2.05) is 0 Å². The van der Waals surface area contributed by atoms with Crippen LogP contribution in [0.4, 0.5) is 0 Å². The van der Waals surface area contributed by atoms with E-state index in [1.165, 1.54) is 19.2 Å². The van der Waals surface area contributed by atoms with E-state index < -0.39 is 198 Å². The Morgan fingerprint density at radius 1 is 0.429 bits per heavy atom. The van der Waals surface area contributed by atoms with Gasteiger partial charge < -0.3 is 134 Å². The number of rotatable bonds is 18. The first-order valence-corrected chi connectivity index (χ1v) is 22.2. The highest BCUT2D eigenvalue weighted by atomic mass is 16.8. The summed E-state index contributed by atoms with van der Waals surface area (Å²) in [6, 6.07) is 2.86. The minimum atomic E-state index is -2.17. The van der Waals surface area contributed by atoms with Crippen molar-refractivity contribution in [3.8, 4) is 11.5 Å². The monoisotopic (exact) mass is 1020 g/mol. The fraction of sp³-hybridized carbons (Fsp3) is 0.805. The molecule has 5 saturated heterocycles. The highest BCUT2D eigenvalue weighted by Gasteiger charge is 2.57. The van der Waals surface area contributed by atoms with Gasteiger partial charge in [0.2, 0.25) is 18.1 Å². The Labute approximate surface area is 398 Å². The Morgan fingerprint density at radius 2 is 0.800 bits per heavy atom. The zero-order valence-corrected chi connectivity index (χ0v) is 37.8. The van der Waals surface area contributed by atoms with Gasteiger partial charge in [-0.2, -0.15) is 0 Å². The number of ether oxygens (including phenoxy) is 11. The van der Waals surface area contributed by atoms with Gasteiger partial charge in [0.1, 0.15) is 133 Å². The molecule has 0 aromatic heterocycles. The van der Waals surface area contributed by atoms with Crippen LogP contribution in [-0.2, 0) is 52.2 Å². The maximum Gasteiger partial charge on any atom is 0.229 e. The molecule has 0 saturated carbocycles. The molecule has 16 N–H and O–H groups in total. The van der Waals surface area contributed by atoms with E-state index >= 15 is 0 Å². The smallest absolute Gasteiger partial charge is 0.229 e. The van der Waals surface area contributed by atoms with Gasteiger partial charge >= 0.3 is 0 Å². The van der Waals surface area contributed by atoms with Gasteiger partial charge in [-0.15, -0.1) is 0 Å². The van der Waals surface area contributed by atoms with Crippen LogP contribution in [0.3, 0.4) is 0 Å². The Hall–Kier alpha value is -3.16. The SMILES string of the molecule is COc1ccc(OC2OC(CO)C(OC3OC(CO)C(OC4OC(CO)C(O)C(OC5OC(CO)C(O)C(OC6OC(CO)C(O)C(O)C6NC(C)=O)C5NC(C)=O)C4O)C(O)C3O)C(O)C2O)cc1. The van der Waals surface area contributed by atoms with Crippen molar-refractivity contribution in [3.63, 3.8) is 0 Å². The van der Waals surface area contributed by atoms with Crippen molar-refractivity contribution in [3.05, 3.63) is 24.3 Å². The normalized spacial score (nSPS) is 44.6. The largest absolute Gasteiger partial charge is 0.497 e. The molecule has 29 nitrogen and oxygen atoms in total. The summed E-state index contributed by atoms with van der Waals surface area (Å²) in [7, 11) is 1.45. The molecule has 1 aromatic rings. The predicted octanol–water partition coefficient (Wildman–Crippen LogP) is -9.54. The fourth-order valence-corrected chi connectivity index (χ4v) is 8.71. The molecule has 5 aliphatic heterocycles. The van der Waals surface area contributed by atoms with Crippen molar-refractivity contribution < 1.29 is 133 Å². The van der Waals surface area contributed by atoms with Crippen LogP contribution >= 0.6 is 0 Å². The van der Waals surface area contributed by atoms with E-state index in [2.05, 4.69) is 10.6 Å². The molecule has 400 valence electrons. The molecule has 0 bridgehead atoms. The van der Waals surface area contributed by atoms with Crippen molar-refractivity contribution in [2.75, 3.05) is 40.1 Å². The number of nitrogens with one attached hydrogen (secondary N) is 2. The van der Waals surface area contributed by atoms with Crippen molar-refractivity contribution in [1.29, 1.82) is 0 Å². The summed E-state index contributed by atoms with van der Waals surface area (Å²) in [5.74, 6) is -0.844. The topological polar surface area (TPSA) is 443 Å². The zero-order valence-electron chi connectivity index (χ0n) is 37.8. The van der Waals surface area contributed by atoms with Gasteiger partial charge in [-0.1, -0.05) is 0 Å². The van der Waals surface area contributed by atoms with Crippen molar-refractivity contribution in [2.45, 2.75) is 167 Å². The summed E-state index contributed by atoms with van der Waals surface area (Å²) >= 11 is 0.